The number of fused-ring (bicyclic) bond motifs is 1. The predicted octanol–water partition coefficient (Wildman–Crippen LogP) is 1.71. The van der Waals surface area contributed by atoms with Gasteiger partial charge in [0.1, 0.15) is 23.8 Å². The predicted molar refractivity (Wildman–Crippen MR) is 83.1 cm³/mol. The summed E-state index contributed by atoms with van der Waals surface area (Å²) in [6.07, 6.45) is 5.11. The van der Waals surface area contributed by atoms with Gasteiger partial charge in [-0.15, -0.1) is 10.2 Å². The lowest BCUT2D eigenvalue weighted by molar-refractivity contribution is 0.434. The minimum absolute atomic E-state index is 0.156. The van der Waals surface area contributed by atoms with Gasteiger partial charge in [-0.1, -0.05) is 13.8 Å². The molecule has 1 atom stereocenters. The summed E-state index contributed by atoms with van der Waals surface area (Å²) in [5.74, 6) is 3.68. The normalized spacial score (nSPS) is 16.0. The molecule has 1 aliphatic heterocycles. The maximum absolute atomic E-state index is 4.38. The third-order valence-electron chi connectivity index (χ3n) is 4.08. The summed E-state index contributed by atoms with van der Waals surface area (Å²) in [7, 11) is 0. The molecule has 7 nitrogen and oxygen atoms in total. The van der Waals surface area contributed by atoms with Crippen molar-refractivity contribution in [1.29, 1.82) is 0 Å². The number of hydrogen-bond acceptors (Lipinski definition) is 5. The van der Waals surface area contributed by atoms with E-state index in [0.29, 0.717) is 12.5 Å². The Labute approximate surface area is 131 Å². The molecular formula is C15H25N7. The Balaban J connectivity index is 1.64. The molecule has 0 aliphatic carbocycles. The van der Waals surface area contributed by atoms with Crippen LogP contribution in [0.3, 0.4) is 0 Å². The Hall–Kier alpha value is -1.76. The van der Waals surface area contributed by atoms with E-state index in [1.807, 2.05) is 4.68 Å². The van der Waals surface area contributed by atoms with Crippen molar-refractivity contribution in [3.8, 4) is 0 Å². The second-order valence-electron chi connectivity index (χ2n) is 6.44. The van der Waals surface area contributed by atoms with Crippen LogP contribution in [0.4, 0.5) is 0 Å². The van der Waals surface area contributed by atoms with Crippen LogP contribution in [0.25, 0.3) is 0 Å². The molecule has 2 aromatic rings. The van der Waals surface area contributed by atoms with E-state index < -0.39 is 0 Å². The highest BCUT2D eigenvalue weighted by Gasteiger charge is 2.20. The zero-order chi connectivity index (χ0) is 15.5. The fourth-order valence-corrected chi connectivity index (χ4v) is 2.91. The summed E-state index contributed by atoms with van der Waals surface area (Å²) in [4.78, 5) is 4.36. The van der Waals surface area contributed by atoms with Gasteiger partial charge in [0.05, 0.1) is 12.6 Å². The van der Waals surface area contributed by atoms with Gasteiger partial charge >= 0.3 is 0 Å². The fraction of sp³-hybridized carbons (Fsp3) is 0.733. The second-order valence-corrected chi connectivity index (χ2v) is 6.44. The van der Waals surface area contributed by atoms with Crippen LogP contribution < -0.4 is 5.32 Å². The first-order valence-corrected chi connectivity index (χ1v) is 8.17. The SMILES string of the molecule is CC(C)Cn1ncnc1CN[C@@H](C)c1nnc2n1CCCC2. The van der Waals surface area contributed by atoms with Gasteiger partial charge in [-0.3, -0.25) is 0 Å². The largest absolute Gasteiger partial charge is 0.314 e. The number of aryl methyl sites for hydroxylation is 1. The first kappa shape index (κ1) is 15.1. The van der Waals surface area contributed by atoms with Crippen molar-refractivity contribution < 1.29 is 0 Å². The van der Waals surface area contributed by atoms with E-state index in [4.69, 9.17) is 0 Å². The van der Waals surface area contributed by atoms with Crippen molar-refractivity contribution in [3.05, 3.63) is 23.8 Å². The maximum Gasteiger partial charge on any atom is 0.149 e. The van der Waals surface area contributed by atoms with Gasteiger partial charge in [-0.25, -0.2) is 9.67 Å². The highest BCUT2D eigenvalue weighted by atomic mass is 15.3. The number of nitrogens with zero attached hydrogens (tertiary/aromatic N) is 6. The number of rotatable bonds is 6. The summed E-state index contributed by atoms with van der Waals surface area (Å²) in [6.45, 7) is 9.12. The van der Waals surface area contributed by atoms with Crippen LogP contribution in [-0.2, 0) is 26.1 Å². The topological polar surface area (TPSA) is 73.5 Å². The lowest BCUT2D eigenvalue weighted by atomic mass is 10.1. The van der Waals surface area contributed by atoms with Crippen molar-refractivity contribution in [3.63, 3.8) is 0 Å². The standard InChI is InChI=1S/C15H25N7/c1-11(2)9-22-14(17-10-18-22)8-16-12(3)15-20-19-13-6-4-5-7-21(13)15/h10-12,16H,4-9H2,1-3H3/t12-/m0/s1. The molecule has 2 aromatic heterocycles. The highest BCUT2D eigenvalue weighted by Crippen LogP contribution is 2.18. The molecular weight excluding hydrogens is 278 g/mol. The van der Waals surface area contributed by atoms with E-state index >= 15 is 0 Å². The number of hydrogen-bond donors (Lipinski definition) is 1. The molecule has 0 bridgehead atoms. The quantitative estimate of drug-likeness (QED) is 0.879. The van der Waals surface area contributed by atoms with Crippen LogP contribution in [0, 0.1) is 5.92 Å². The van der Waals surface area contributed by atoms with E-state index in [0.717, 1.165) is 37.0 Å². The molecule has 0 unspecified atom stereocenters. The van der Waals surface area contributed by atoms with E-state index in [-0.39, 0.29) is 6.04 Å². The molecule has 0 amide bonds. The Kier molecular flexibility index (Phi) is 4.52. The molecule has 3 rings (SSSR count). The van der Waals surface area contributed by atoms with Crippen molar-refractivity contribution in [1.82, 2.24) is 34.8 Å². The summed E-state index contributed by atoms with van der Waals surface area (Å²) in [6, 6.07) is 0.156. The Morgan fingerprint density at radius 2 is 2.09 bits per heavy atom. The second kappa shape index (κ2) is 6.56. The molecule has 0 saturated heterocycles. The molecule has 0 radical (unpaired) electrons. The van der Waals surface area contributed by atoms with Crippen molar-refractivity contribution in [2.75, 3.05) is 0 Å². The van der Waals surface area contributed by atoms with Gasteiger partial charge < -0.3 is 9.88 Å². The highest BCUT2D eigenvalue weighted by molar-refractivity contribution is 5.03. The van der Waals surface area contributed by atoms with E-state index in [9.17, 15) is 0 Å². The first-order valence-electron chi connectivity index (χ1n) is 8.17. The van der Waals surface area contributed by atoms with Crippen LogP contribution >= 0.6 is 0 Å². The summed E-state index contributed by atoms with van der Waals surface area (Å²) in [5, 5.41) is 16.5. The number of nitrogens with one attached hydrogen (secondary N) is 1. The number of aromatic nitrogens is 6. The minimum Gasteiger partial charge on any atom is -0.314 e. The monoisotopic (exact) mass is 303 g/mol. The van der Waals surface area contributed by atoms with E-state index in [1.54, 1.807) is 6.33 Å². The lowest BCUT2D eigenvalue weighted by Crippen LogP contribution is -2.25. The first-order chi connectivity index (χ1) is 10.6. The molecule has 0 aromatic carbocycles. The zero-order valence-corrected chi connectivity index (χ0v) is 13.7. The average molecular weight is 303 g/mol. The van der Waals surface area contributed by atoms with Crippen LogP contribution in [0.2, 0.25) is 0 Å². The van der Waals surface area contributed by atoms with E-state index in [2.05, 4.69) is 50.9 Å². The van der Waals surface area contributed by atoms with E-state index in [1.165, 1.54) is 12.8 Å². The van der Waals surface area contributed by atoms with Crippen molar-refractivity contribution in [2.45, 2.75) is 65.7 Å². The Bertz CT molecular complexity index is 613. The molecule has 0 fully saturated rings. The fourth-order valence-electron chi connectivity index (χ4n) is 2.91. The smallest absolute Gasteiger partial charge is 0.149 e. The minimum atomic E-state index is 0.156. The molecule has 7 heteroatoms. The summed E-state index contributed by atoms with van der Waals surface area (Å²) in [5.41, 5.74) is 0. The van der Waals surface area contributed by atoms with Gasteiger partial charge in [-0.05, 0) is 25.7 Å². The Morgan fingerprint density at radius 1 is 1.23 bits per heavy atom. The molecule has 1 aliphatic rings. The molecule has 0 spiro atoms. The van der Waals surface area contributed by atoms with Crippen molar-refractivity contribution in [2.24, 2.45) is 5.92 Å². The summed E-state index contributed by atoms with van der Waals surface area (Å²) < 4.78 is 4.24. The molecule has 120 valence electrons. The maximum atomic E-state index is 4.38. The molecule has 22 heavy (non-hydrogen) atoms. The molecule has 3 heterocycles. The third kappa shape index (κ3) is 3.19. The van der Waals surface area contributed by atoms with Crippen LogP contribution in [0.15, 0.2) is 6.33 Å². The van der Waals surface area contributed by atoms with Crippen LogP contribution in [0.5, 0.6) is 0 Å². The average Bonchev–Trinajstić information content (AvgIpc) is 3.11. The van der Waals surface area contributed by atoms with Crippen LogP contribution in [-0.4, -0.2) is 29.5 Å². The van der Waals surface area contributed by atoms with Gasteiger partial charge in [0.25, 0.3) is 0 Å². The Morgan fingerprint density at radius 3 is 2.91 bits per heavy atom. The molecule has 0 saturated carbocycles. The summed E-state index contributed by atoms with van der Waals surface area (Å²) >= 11 is 0. The van der Waals surface area contributed by atoms with Crippen molar-refractivity contribution >= 4 is 0 Å². The lowest BCUT2D eigenvalue weighted by Gasteiger charge is -2.19. The zero-order valence-electron chi connectivity index (χ0n) is 13.7. The molecule has 1 N–H and O–H groups in total. The third-order valence-corrected chi connectivity index (χ3v) is 4.08. The van der Waals surface area contributed by atoms with Crippen LogP contribution in [0.1, 0.15) is 57.1 Å². The van der Waals surface area contributed by atoms with Gasteiger partial charge in [-0.2, -0.15) is 5.10 Å². The van der Waals surface area contributed by atoms with Gasteiger partial charge in [0.2, 0.25) is 0 Å². The van der Waals surface area contributed by atoms with Gasteiger partial charge in [0, 0.05) is 19.5 Å². The van der Waals surface area contributed by atoms with Gasteiger partial charge in [0.15, 0.2) is 0 Å².